The third-order valence-corrected chi connectivity index (χ3v) is 3.24. The van der Waals surface area contributed by atoms with E-state index in [2.05, 4.69) is 31.3 Å². The van der Waals surface area contributed by atoms with Crippen LogP contribution in [0.5, 0.6) is 0 Å². The number of hydrogen-bond donors (Lipinski definition) is 1. The normalized spacial score (nSPS) is 10.6. The van der Waals surface area contributed by atoms with Gasteiger partial charge >= 0.3 is 0 Å². The molecule has 1 N–H and O–H groups in total. The van der Waals surface area contributed by atoms with E-state index in [9.17, 15) is 4.79 Å². The zero-order valence-electron chi connectivity index (χ0n) is 12.1. The van der Waals surface area contributed by atoms with Crippen LogP contribution in [0.4, 0.5) is 0 Å². The maximum Gasteiger partial charge on any atom is 0.251 e. The summed E-state index contributed by atoms with van der Waals surface area (Å²) in [4.78, 5) is 12.1. The van der Waals surface area contributed by atoms with Crippen LogP contribution in [0.2, 0.25) is 0 Å². The third kappa shape index (κ3) is 3.95. The van der Waals surface area contributed by atoms with E-state index in [1.807, 2.05) is 42.5 Å². The Hall–Kier alpha value is -2.09. The Kier molecular flexibility index (Phi) is 4.94. The molecule has 2 nitrogen and oxygen atoms in total. The van der Waals surface area contributed by atoms with E-state index >= 15 is 0 Å². The first-order valence-electron chi connectivity index (χ1n) is 7.10. The highest BCUT2D eigenvalue weighted by atomic mass is 16.1. The lowest BCUT2D eigenvalue weighted by Crippen LogP contribution is -2.25. The Morgan fingerprint density at radius 2 is 1.70 bits per heavy atom. The quantitative estimate of drug-likeness (QED) is 0.867. The molecule has 0 aliphatic carbocycles. The standard InChI is InChI=1S/C18H21NO/c1-14(2)11-12-19-18(20)17-10-6-9-16(13-17)15-7-4-3-5-8-15/h3-10,13-14H,11-12H2,1-2H3,(H,19,20). The van der Waals surface area contributed by atoms with E-state index in [1.165, 1.54) is 0 Å². The molecule has 2 heteroatoms. The molecule has 0 aliphatic rings. The Morgan fingerprint density at radius 3 is 2.40 bits per heavy atom. The lowest BCUT2D eigenvalue weighted by molar-refractivity contribution is 0.0952. The SMILES string of the molecule is CC(C)CCNC(=O)c1cccc(-c2ccccc2)c1. The minimum atomic E-state index is 0.00318. The Morgan fingerprint density at radius 1 is 1.00 bits per heavy atom. The smallest absolute Gasteiger partial charge is 0.251 e. The largest absolute Gasteiger partial charge is 0.352 e. The first-order valence-corrected chi connectivity index (χ1v) is 7.10. The first-order chi connectivity index (χ1) is 9.66. The molecule has 0 atom stereocenters. The van der Waals surface area contributed by atoms with Gasteiger partial charge in [0, 0.05) is 12.1 Å². The molecule has 0 unspecified atom stereocenters. The van der Waals surface area contributed by atoms with Crippen LogP contribution in [0.25, 0.3) is 11.1 Å². The Labute approximate surface area is 120 Å². The highest BCUT2D eigenvalue weighted by Gasteiger charge is 2.06. The number of nitrogens with one attached hydrogen (secondary N) is 1. The van der Waals surface area contributed by atoms with Crippen LogP contribution < -0.4 is 5.32 Å². The van der Waals surface area contributed by atoms with Gasteiger partial charge in [-0.05, 0) is 35.6 Å². The lowest BCUT2D eigenvalue weighted by atomic mass is 10.0. The minimum Gasteiger partial charge on any atom is -0.352 e. The van der Waals surface area contributed by atoms with E-state index in [0.29, 0.717) is 5.92 Å². The van der Waals surface area contributed by atoms with Gasteiger partial charge in [-0.15, -0.1) is 0 Å². The van der Waals surface area contributed by atoms with Gasteiger partial charge in [-0.1, -0.05) is 56.3 Å². The summed E-state index contributed by atoms with van der Waals surface area (Å²) in [6.07, 6.45) is 1.00. The monoisotopic (exact) mass is 267 g/mol. The molecule has 0 aromatic heterocycles. The van der Waals surface area contributed by atoms with Gasteiger partial charge in [0.1, 0.15) is 0 Å². The van der Waals surface area contributed by atoms with Gasteiger partial charge < -0.3 is 5.32 Å². The van der Waals surface area contributed by atoms with Crippen molar-refractivity contribution < 1.29 is 4.79 Å². The molecule has 0 saturated carbocycles. The van der Waals surface area contributed by atoms with Crippen molar-refractivity contribution in [2.24, 2.45) is 5.92 Å². The molecular weight excluding hydrogens is 246 g/mol. The first kappa shape index (κ1) is 14.3. The van der Waals surface area contributed by atoms with Crippen LogP contribution in [-0.4, -0.2) is 12.5 Å². The second kappa shape index (κ2) is 6.90. The molecular formula is C18H21NO. The van der Waals surface area contributed by atoms with E-state index in [4.69, 9.17) is 0 Å². The highest BCUT2D eigenvalue weighted by Crippen LogP contribution is 2.19. The second-order valence-corrected chi connectivity index (χ2v) is 5.39. The van der Waals surface area contributed by atoms with Gasteiger partial charge in [0.2, 0.25) is 0 Å². The fourth-order valence-corrected chi connectivity index (χ4v) is 2.05. The summed E-state index contributed by atoms with van der Waals surface area (Å²) in [5.41, 5.74) is 2.92. The van der Waals surface area contributed by atoms with Gasteiger partial charge in [0.05, 0.1) is 0 Å². The molecule has 0 spiro atoms. The number of hydrogen-bond acceptors (Lipinski definition) is 1. The van der Waals surface area contributed by atoms with E-state index in [0.717, 1.165) is 29.7 Å². The molecule has 0 bridgehead atoms. The third-order valence-electron chi connectivity index (χ3n) is 3.24. The number of rotatable bonds is 5. The van der Waals surface area contributed by atoms with Crippen LogP contribution in [-0.2, 0) is 0 Å². The zero-order chi connectivity index (χ0) is 14.4. The van der Waals surface area contributed by atoms with Crippen LogP contribution in [0.1, 0.15) is 30.6 Å². The number of benzene rings is 2. The number of carbonyl (C=O) groups excluding carboxylic acids is 1. The summed E-state index contributed by atoms with van der Waals surface area (Å²) in [6, 6.07) is 17.9. The minimum absolute atomic E-state index is 0.00318. The van der Waals surface area contributed by atoms with Crippen molar-refractivity contribution in [3.05, 3.63) is 60.2 Å². The number of amides is 1. The molecule has 0 aliphatic heterocycles. The van der Waals surface area contributed by atoms with Gasteiger partial charge in [0.25, 0.3) is 5.91 Å². The Balaban J connectivity index is 2.08. The maximum absolute atomic E-state index is 12.1. The predicted octanol–water partition coefficient (Wildman–Crippen LogP) is 4.13. The summed E-state index contributed by atoms with van der Waals surface area (Å²) < 4.78 is 0. The molecule has 1 amide bonds. The second-order valence-electron chi connectivity index (χ2n) is 5.39. The fourth-order valence-electron chi connectivity index (χ4n) is 2.05. The summed E-state index contributed by atoms with van der Waals surface area (Å²) in [6.45, 7) is 5.04. The molecule has 0 saturated heterocycles. The molecule has 2 rings (SSSR count). The molecule has 20 heavy (non-hydrogen) atoms. The van der Waals surface area contributed by atoms with Gasteiger partial charge in [-0.25, -0.2) is 0 Å². The molecule has 0 heterocycles. The summed E-state index contributed by atoms with van der Waals surface area (Å²) in [7, 11) is 0. The van der Waals surface area contributed by atoms with E-state index < -0.39 is 0 Å². The summed E-state index contributed by atoms with van der Waals surface area (Å²) in [5, 5.41) is 2.97. The van der Waals surface area contributed by atoms with Gasteiger partial charge in [0.15, 0.2) is 0 Å². The molecule has 104 valence electrons. The molecule has 2 aromatic rings. The van der Waals surface area contributed by atoms with Crippen molar-refractivity contribution in [2.75, 3.05) is 6.54 Å². The summed E-state index contributed by atoms with van der Waals surface area (Å²) >= 11 is 0. The van der Waals surface area contributed by atoms with Crippen molar-refractivity contribution in [1.82, 2.24) is 5.32 Å². The highest BCUT2D eigenvalue weighted by molar-refractivity contribution is 5.95. The molecule has 0 radical (unpaired) electrons. The van der Waals surface area contributed by atoms with Gasteiger partial charge in [-0.3, -0.25) is 4.79 Å². The Bertz CT molecular complexity index is 561. The topological polar surface area (TPSA) is 29.1 Å². The molecule has 0 fully saturated rings. The van der Waals surface area contributed by atoms with Crippen molar-refractivity contribution in [3.8, 4) is 11.1 Å². The maximum atomic E-state index is 12.1. The predicted molar refractivity (Wildman–Crippen MR) is 83.7 cm³/mol. The van der Waals surface area contributed by atoms with Crippen molar-refractivity contribution in [1.29, 1.82) is 0 Å². The average Bonchev–Trinajstić information content (AvgIpc) is 2.48. The van der Waals surface area contributed by atoms with Crippen LogP contribution >= 0.6 is 0 Å². The lowest BCUT2D eigenvalue weighted by Gasteiger charge is -2.08. The van der Waals surface area contributed by atoms with Crippen LogP contribution in [0, 0.1) is 5.92 Å². The van der Waals surface area contributed by atoms with Gasteiger partial charge in [-0.2, -0.15) is 0 Å². The summed E-state index contributed by atoms with van der Waals surface area (Å²) in [5.74, 6) is 0.606. The molecule has 2 aromatic carbocycles. The van der Waals surface area contributed by atoms with Crippen LogP contribution in [0.3, 0.4) is 0 Å². The van der Waals surface area contributed by atoms with E-state index in [-0.39, 0.29) is 5.91 Å². The van der Waals surface area contributed by atoms with E-state index in [1.54, 1.807) is 0 Å². The number of carbonyl (C=O) groups is 1. The average molecular weight is 267 g/mol. The van der Waals surface area contributed by atoms with Crippen LogP contribution in [0.15, 0.2) is 54.6 Å². The van der Waals surface area contributed by atoms with Crippen molar-refractivity contribution in [2.45, 2.75) is 20.3 Å². The zero-order valence-corrected chi connectivity index (χ0v) is 12.1. The van der Waals surface area contributed by atoms with Crippen molar-refractivity contribution in [3.63, 3.8) is 0 Å². The fraction of sp³-hybridized carbons (Fsp3) is 0.278. The van der Waals surface area contributed by atoms with Crippen molar-refractivity contribution >= 4 is 5.91 Å².